The highest BCUT2D eigenvalue weighted by Crippen LogP contribution is 2.02. The third-order valence-corrected chi connectivity index (χ3v) is 1.93. The monoisotopic (exact) mass is 200 g/mol. The second-order valence-corrected chi connectivity index (χ2v) is 2.92. The Bertz CT molecular complexity index is 222. The van der Waals surface area contributed by atoms with Crippen molar-refractivity contribution in [1.29, 1.82) is 0 Å². The van der Waals surface area contributed by atoms with Gasteiger partial charge in [0.2, 0.25) is 0 Å². The summed E-state index contributed by atoms with van der Waals surface area (Å²) in [6, 6.07) is 0. The average molecular weight is 200 g/mol. The Morgan fingerprint density at radius 1 is 1.57 bits per heavy atom. The molecular weight excluding hydrogens is 184 g/mol. The Kier molecular flexibility index (Phi) is 4.25. The van der Waals surface area contributed by atoms with E-state index in [4.69, 9.17) is 15.2 Å². The van der Waals surface area contributed by atoms with Gasteiger partial charge in [-0.3, -0.25) is 0 Å². The van der Waals surface area contributed by atoms with Crippen molar-refractivity contribution in [3.05, 3.63) is 11.9 Å². The number of ether oxygens (including phenoxy) is 2. The van der Waals surface area contributed by atoms with Crippen LogP contribution in [0.2, 0.25) is 0 Å². The summed E-state index contributed by atoms with van der Waals surface area (Å²) < 4.78 is 9.91. The Hall–Kier alpha value is -1.23. The largest absolute Gasteiger partial charge is 0.463 e. The first kappa shape index (κ1) is 10.8. The van der Waals surface area contributed by atoms with Crippen LogP contribution >= 0.6 is 0 Å². The van der Waals surface area contributed by atoms with Gasteiger partial charge in [0.25, 0.3) is 0 Å². The minimum absolute atomic E-state index is 0.367. The van der Waals surface area contributed by atoms with E-state index < -0.39 is 5.97 Å². The molecule has 0 bridgehead atoms. The molecule has 0 saturated carbocycles. The first-order chi connectivity index (χ1) is 6.74. The second-order valence-electron chi connectivity index (χ2n) is 2.92. The summed E-state index contributed by atoms with van der Waals surface area (Å²) in [5.41, 5.74) is 5.71. The zero-order chi connectivity index (χ0) is 10.4. The van der Waals surface area contributed by atoms with E-state index in [-0.39, 0.29) is 0 Å². The number of hydrogen-bond donors (Lipinski definition) is 1. The van der Waals surface area contributed by atoms with Gasteiger partial charge in [-0.1, -0.05) is 0 Å². The molecule has 80 valence electrons. The molecule has 0 atom stereocenters. The molecule has 2 N–H and O–H groups in total. The Balaban J connectivity index is 2.44. The van der Waals surface area contributed by atoms with Crippen LogP contribution in [0.5, 0.6) is 0 Å². The van der Waals surface area contributed by atoms with Crippen LogP contribution in [0, 0.1) is 0 Å². The summed E-state index contributed by atoms with van der Waals surface area (Å²) in [5, 5.41) is 0. The van der Waals surface area contributed by atoms with E-state index in [0.717, 1.165) is 13.1 Å². The lowest BCUT2D eigenvalue weighted by Gasteiger charge is -2.28. The van der Waals surface area contributed by atoms with Gasteiger partial charge in [0, 0.05) is 13.1 Å². The van der Waals surface area contributed by atoms with Crippen molar-refractivity contribution in [2.45, 2.75) is 6.92 Å². The number of nitrogens with zero attached hydrogens (tertiary/aromatic N) is 1. The molecule has 0 aromatic heterocycles. The fraction of sp³-hybridized carbons (Fsp3) is 0.667. The van der Waals surface area contributed by atoms with Crippen molar-refractivity contribution >= 4 is 5.97 Å². The number of esters is 1. The number of rotatable bonds is 3. The first-order valence-corrected chi connectivity index (χ1v) is 4.70. The van der Waals surface area contributed by atoms with Crippen LogP contribution in [-0.4, -0.2) is 43.8 Å². The van der Waals surface area contributed by atoms with Crippen molar-refractivity contribution in [2.24, 2.45) is 5.73 Å². The van der Waals surface area contributed by atoms with Gasteiger partial charge in [0.1, 0.15) is 5.82 Å². The average Bonchev–Trinajstić information content (AvgIpc) is 2.19. The van der Waals surface area contributed by atoms with Crippen LogP contribution in [0.3, 0.4) is 0 Å². The smallest absolute Gasteiger partial charge is 0.334 e. The maximum atomic E-state index is 11.1. The highest BCUT2D eigenvalue weighted by Gasteiger charge is 2.12. The molecule has 5 heteroatoms. The molecule has 0 unspecified atom stereocenters. The zero-order valence-electron chi connectivity index (χ0n) is 8.36. The molecule has 0 amide bonds. The molecule has 0 aromatic carbocycles. The lowest BCUT2D eigenvalue weighted by Crippen LogP contribution is -2.38. The van der Waals surface area contributed by atoms with E-state index in [1.165, 1.54) is 6.08 Å². The molecular formula is C9H16N2O3. The summed E-state index contributed by atoms with van der Waals surface area (Å²) in [5.74, 6) is 0.0586. The topological polar surface area (TPSA) is 64.8 Å². The van der Waals surface area contributed by atoms with Crippen molar-refractivity contribution in [1.82, 2.24) is 4.90 Å². The fourth-order valence-corrected chi connectivity index (χ4v) is 1.22. The van der Waals surface area contributed by atoms with Gasteiger partial charge in [-0.2, -0.15) is 0 Å². The Morgan fingerprint density at radius 2 is 2.21 bits per heavy atom. The van der Waals surface area contributed by atoms with Crippen LogP contribution in [0.1, 0.15) is 6.92 Å². The first-order valence-electron chi connectivity index (χ1n) is 4.70. The molecule has 5 nitrogen and oxygen atoms in total. The van der Waals surface area contributed by atoms with Gasteiger partial charge in [-0.25, -0.2) is 4.79 Å². The maximum absolute atomic E-state index is 11.1. The highest BCUT2D eigenvalue weighted by molar-refractivity contribution is 5.82. The molecule has 1 fully saturated rings. The third-order valence-electron chi connectivity index (χ3n) is 1.93. The van der Waals surface area contributed by atoms with E-state index in [1.54, 1.807) is 6.92 Å². The molecule has 0 radical (unpaired) electrons. The number of hydrogen-bond acceptors (Lipinski definition) is 5. The predicted octanol–water partition coefficient (Wildman–Crippen LogP) is -0.318. The van der Waals surface area contributed by atoms with Crippen molar-refractivity contribution < 1.29 is 14.3 Å². The molecule has 0 spiro atoms. The molecule has 0 aromatic rings. The molecule has 1 aliphatic rings. The van der Waals surface area contributed by atoms with Gasteiger partial charge in [0.15, 0.2) is 0 Å². The lowest BCUT2D eigenvalue weighted by atomic mass is 10.4. The van der Waals surface area contributed by atoms with E-state index in [9.17, 15) is 4.79 Å². The summed E-state index contributed by atoms with van der Waals surface area (Å²) >= 11 is 0. The van der Waals surface area contributed by atoms with Crippen LogP contribution in [-0.2, 0) is 14.3 Å². The van der Waals surface area contributed by atoms with Crippen molar-refractivity contribution in [2.75, 3.05) is 32.9 Å². The van der Waals surface area contributed by atoms with E-state index in [2.05, 4.69) is 0 Å². The van der Waals surface area contributed by atoms with E-state index in [1.807, 2.05) is 4.90 Å². The minimum Gasteiger partial charge on any atom is -0.463 e. The summed E-state index contributed by atoms with van der Waals surface area (Å²) in [7, 11) is 0. The van der Waals surface area contributed by atoms with Gasteiger partial charge >= 0.3 is 5.97 Å². The van der Waals surface area contributed by atoms with Crippen LogP contribution < -0.4 is 5.73 Å². The normalized spacial score (nSPS) is 18.1. The molecule has 1 aliphatic heterocycles. The molecule has 1 rings (SSSR count). The molecule has 0 aliphatic carbocycles. The molecule has 1 heterocycles. The quantitative estimate of drug-likeness (QED) is 0.499. The number of carbonyl (C=O) groups excluding carboxylic acids is 1. The maximum Gasteiger partial charge on any atom is 0.334 e. The predicted molar refractivity (Wildman–Crippen MR) is 51.3 cm³/mol. The van der Waals surface area contributed by atoms with Crippen LogP contribution in [0.4, 0.5) is 0 Å². The Morgan fingerprint density at radius 3 is 2.79 bits per heavy atom. The summed E-state index contributed by atoms with van der Waals surface area (Å²) in [6.07, 6.45) is 1.31. The number of morpholine rings is 1. The number of carbonyl (C=O) groups is 1. The fourth-order valence-electron chi connectivity index (χ4n) is 1.22. The van der Waals surface area contributed by atoms with E-state index >= 15 is 0 Å². The van der Waals surface area contributed by atoms with Gasteiger partial charge < -0.3 is 20.1 Å². The van der Waals surface area contributed by atoms with Crippen molar-refractivity contribution in [3.63, 3.8) is 0 Å². The minimum atomic E-state index is -0.392. The van der Waals surface area contributed by atoms with Crippen LogP contribution in [0.25, 0.3) is 0 Å². The standard InChI is InChI=1S/C9H16N2O3/c1-2-14-9(12)7-8(10)11-3-5-13-6-4-11/h7H,2-6,10H2,1H3/b8-7+. The van der Waals surface area contributed by atoms with Gasteiger partial charge in [-0.05, 0) is 6.92 Å². The summed E-state index contributed by atoms with van der Waals surface area (Å²) in [6.45, 7) is 4.88. The highest BCUT2D eigenvalue weighted by atomic mass is 16.5. The molecule has 14 heavy (non-hydrogen) atoms. The van der Waals surface area contributed by atoms with Gasteiger partial charge in [-0.15, -0.1) is 0 Å². The second kappa shape index (κ2) is 5.49. The third kappa shape index (κ3) is 3.26. The van der Waals surface area contributed by atoms with Crippen molar-refractivity contribution in [3.8, 4) is 0 Å². The summed E-state index contributed by atoms with van der Waals surface area (Å²) in [4.78, 5) is 13.0. The van der Waals surface area contributed by atoms with Gasteiger partial charge in [0.05, 0.1) is 25.9 Å². The zero-order valence-corrected chi connectivity index (χ0v) is 8.36. The lowest BCUT2D eigenvalue weighted by molar-refractivity contribution is -0.137. The van der Waals surface area contributed by atoms with E-state index in [0.29, 0.717) is 25.6 Å². The van der Waals surface area contributed by atoms with Crippen LogP contribution in [0.15, 0.2) is 11.9 Å². The molecule has 1 saturated heterocycles. The Labute approximate surface area is 83.5 Å². The number of nitrogens with two attached hydrogens (primary N) is 1. The SMILES string of the molecule is CCOC(=O)/C=C(\N)N1CCOCC1.